The average molecular weight is 318 g/mol. The highest BCUT2D eigenvalue weighted by Gasteiger charge is 2.26. The molecule has 0 aromatic carbocycles. The summed E-state index contributed by atoms with van der Waals surface area (Å²) in [5.74, 6) is 0.0503. The molecule has 0 saturated carbocycles. The molecule has 1 heterocycles. The highest BCUT2D eigenvalue weighted by Crippen LogP contribution is 2.28. The third kappa shape index (κ3) is 3.32. The fourth-order valence-corrected chi connectivity index (χ4v) is 3.32. The summed E-state index contributed by atoms with van der Waals surface area (Å²) in [7, 11) is 0. The molecule has 96 valence electrons. The van der Waals surface area contributed by atoms with Crippen molar-refractivity contribution in [2.45, 2.75) is 52.5 Å². The van der Waals surface area contributed by atoms with Gasteiger partial charge >= 0.3 is 0 Å². The zero-order valence-electron chi connectivity index (χ0n) is 10.9. The molecule has 0 spiro atoms. The van der Waals surface area contributed by atoms with Crippen LogP contribution in [-0.4, -0.2) is 11.4 Å². The van der Waals surface area contributed by atoms with Crippen molar-refractivity contribution < 1.29 is 4.79 Å². The van der Waals surface area contributed by atoms with Crippen molar-refractivity contribution in [2.24, 2.45) is 0 Å². The standard InChI is InChI=1S/C13H20BrNOS/c1-5-13(6-2,7-3)15-12(16)10-8-9(4)11(14)17-10/h8H,5-7H2,1-4H3,(H,15,16). The molecule has 17 heavy (non-hydrogen) atoms. The van der Waals surface area contributed by atoms with Crippen LogP contribution in [0, 0.1) is 6.92 Å². The van der Waals surface area contributed by atoms with Crippen molar-refractivity contribution >= 4 is 33.2 Å². The van der Waals surface area contributed by atoms with E-state index in [1.165, 1.54) is 11.3 Å². The van der Waals surface area contributed by atoms with Crippen molar-refractivity contribution in [3.63, 3.8) is 0 Å². The summed E-state index contributed by atoms with van der Waals surface area (Å²) in [6, 6.07) is 1.94. The molecule has 0 aliphatic carbocycles. The lowest BCUT2D eigenvalue weighted by Gasteiger charge is -2.31. The first kappa shape index (κ1) is 14.7. The van der Waals surface area contributed by atoms with Crippen molar-refractivity contribution in [3.05, 3.63) is 20.3 Å². The van der Waals surface area contributed by atoms with E-state index in [1.54, 1.807) is 0 Å². The molecule has 1 aromatic rings. The largest absolute Gasteiger partial charge is 0.346 e. The molecular weight excluding hydrogens is 298 g/mol. The van der Waals surface area contributed by atoms with E-state index in [-0.39, 0.29) is 11.4 Å². The molecule has 0 saturated heterocycles. The minimum absolute atomic E-state index is 0.0503. The van der Waals surface area contributed by atoms with Gasteiger partial charge in [0.2, 0.25) is 0 Å². The van der Waals surface area contributed by atoms with E-state index in [9.17, 15) is 4.79 Å². The number of thiophene rings is 1. The molecule has 0 fully saturated rings. The van der Waals surface area contributed by atoms with Gasteiger partial charge in [-0.25, -0.2) is 0 Å². The van der Waals surface area contributed by atoms with Crippen LogP contribution in [0.2, 0.25) is 0 Å². The number of aryl methyl sites for hydroxylation is 1. The van der Waals surface area contributed by atoms with Crippen LogP contribution in [0.1, 0.15) is 55.3 Å². The van der Waals surface area contributed by atoms with Gasteiger partial charge in [-0.15, -0.1) is 11.3 Å². The van der Waals surface area contributed by atoms with Crippen LogP contribution in [0.25, 0.3) is 0 Å². The molecule has 1 aromatic heterocycles. The van der Waals surface area contributed by atoms with Crippen LogP contribution in [0.3, 0.4) is 0 Å². The first-order valence-electron chi connectivity index (χ1n) is 6.06. The lowest BCUT2D eigenvalue weighted by molar-refractivity contribution is 0.0892. The number of halogens is 1. The highest BCUT2D eigenvalue weighted by molar-refractivity contribution is 9.11. The van der Waals surface area contributed by atoms with Gasteiger partial charge in [-0.1, -0.05) is 20.8 Å². The summed E-state index contributed by atoms with van der Waals surface area (Å²) in [6.07, 6.45) is 2.91. The molecular formula is C13H20BrNOS. The number of nitrogens with one attached hydrogen (secondary N) is 1. The molecule has 4 heteroatoms. The molecule has 0 unspecified atom stereocenters. The Hall–Kier alpha value is -0.350. The Morgan fingerprint density at radius 3 is 2.24 bits per heavy atom. The van der Waals surface area contributed by atoms with E-state index in [0.717, 1.165) is 33.5 Å². The second kappa shape index (κ2) is 6.01. The number of amides is 1. The van der Waals surface area contributed by atoms with Gasteiger partial charge in [-0.05, 0) is 53.7 Å². The molecule has 0 aliphatic rings. The van der Waals surface area contributed by atoms with E-state index in [1.807, 2.05) is 13.0 Å². The molecule has 1 amide bonds. The van der Waals surface area contributed by atoms with Gasteiger partial charge in [0.25, 0.3) is 5.91 Å². The summed E-state index contributed by atoms with van der Waals surface area (Å²) < 4.78 is 1.04. The molecule has 1 N–H and O–H groups in total. The SMILES string of the molecule is CCC(CC)(CC)NC(=O)c1cc(C)c(Br)s1. The topological polar surface area (TPSA) is 29.1 Å². The molecule has 0 bridgehead atoms. The minimum atomic E-state index is -0.0541. The maximum absolute atomic E-state index is 12.2. The summed E-state index contributed by atoms with van der Waals surface area (Å²) in [6.45, 7) is 8.39. The van der Waals surface area contributed by atoms with E-state index >= 15 is 0 Å². The van der Waals surface area contributed by atoms with Crippen LogP contribution < -0.4 is 5.32 Å². The summed E-state index contributed by atoms with van der Waals surface area (Å²) >= 11 is 4.95. The van der Waals surface area contributed by atoms with E-state index in [0.29, 0.717) is 0 Å². The smallest absolute Gasteiger partial charge is 0.261 e. The maximum Gasteiger partial charge on any atom is 0.261 e. The van der Waals surface area contributed by atoms with Crippen LogP contribution in [0.5, 0.6) is 0 Å². The fourth-order valence-electron chi connectivity index (χ4n) is 1.89. The number of hydrogen-bond donors (Lipinski definition) is 1. The maximum atomic E-state index is 12.2. The van der Waals surface area contributed by atoms with Crippen molar-refractivity contribution in [1.29, 1.82) is 0 Å². The zero-order chi connectivity index (χ0) is 13.1. The fraction of sp³-hybridized carbons (Fsp3) is 0.615. The Morgan fingerprint density at radius 1 is 1.35 bits per heavy atom. The number of carbonyl (C=O) groups is 1. The van der Waals surface area contributed by atoms with Crippen molar-refractivity contribution in [2.75, 3.05) is 0 Å². The van der Waals surface area contributed by atoms with Crippen LogP contribution in [0.4, 0.5) is 0 Å². The summed E-state index contributed by atoms with van der Waals surface area (Å²) in [5.41, 5.74) is 1.07. The predicted octanol–water partition coefficient (Wildman–Crippen LogP) is 4.52. The molecule has 1 rings (SSSR count). The number of hydrogen-bond acceptors (Lipinski definition) is 2. The average Bonchev–Trinajstić information content (AvgIpc) is 2.67. The Bertz CT molecular complexity index is 368. The summed E-state index contributed by atoms with van der Waals surface area (Å²) in [5, 5.41) is 3.19. The van der Waals surface area contributed by atoms with Gasteiger partial charge in [0.1, 0.15) is 0 Å². The number of rotatable bonds is 5. The van der Waals surface area contributed by atoms with Crippen LogP contribution in [-0.2, 0) is 0 Å². The highest BCUT2D eigenvalue weighted by atomic mass is 79.9. The third-order valence-corrected chi connectivity index (χ3v) is 5.63. The predicted molar refractivity (Wildman–Crippen MR) is 77.8 cm³/mol. The second-order valence-corrected chi connectivity index (χ2v) is 6.73. The van der Waals surface area contributed by atoms with Crippen molar-refractivity contribution in [1.82, 2.24) is 5.32 Å². The first-order chi connectivity index (χ1) is 7.98. The Labute approximate surface area is 116 Å². The van der Waals surface area contributed by atoms with Gasteiger partial charge in [0.05, 0.1) is 8.66 Å². The Kier molecular flexibility index (Phi) is 5.20. The molecule has 0 aliphatic heterocycles. The Balaban J connectivity index is 2.84. The van der Waals surface area contributed by atoms with E-state index < -0.39 is 0 Å². The van der Waals surface area contributed by atoms with Gasteiger partial charge in [-0.2, -0.15) is 0 Å². The van der Waals surface area contributed by atoms with Gasteiger partial charge in [-0.3, -0.25) is 4.79 Å². The molecule has 0 atom stereocenters. The first-order valence-corrected chi connectivity index (χ1v) is 7.67. The quantitative estimate of drug-likeness (QED) is 0.850. The lowest BCUT2D eigenvalue weighted by atomic mass is 9.90. The minimum Gasteiger partial charge on any atom is -0.346 e. The summed E-state index contributed by atoms with van der Waals surface area (Å²) in [4.78, 5) is 13.0. The van der Waals surface area contributed by atoms with Crippen molar-refractivity contribution in [3.8, 4) is 0 Å². The Morgan fingerprint density at radius 2 is 1.88 bits per heavy atom. The van der Waals surface area contributed by atoms with E-state index in [4.69, 9.17) is 0 Å². The second-order valence-electron chi connectivity index (χ2n) is 4.36. The van der Waals surface area contributed by atoms with Gasteiger partial charge < -0.3 is 5.32 Å². The molecule has 2 nitrogen and oxygen atoms in total. The van der Waals surface area contributed by atoms with Gasteiger partial charge in [0, 0.05) is 5.54 Å². The van der Waals surface area contributed by atoms with Crippen LogP contribution >= 0.6 is 27.3 Å². The van der Waals surface area contributed by atoms with Gasteiger partial charge in [0.15, 0.2) is 0 Å². The molecule has 0 radical (unpaired) electrons. The van der Waals surface area contributed by atoms with E-state index in [2.05, 4.69) is 42.0 Å². The third-order valence-electron chi connectivity index (χ3n) is 3.49. The lowest BCUT2D eigenvalue weighted by Crippen LogP contribution is -2.46. The zero-order valence-corrected chi connectivity index (χ0v) is 13.3. The monoisotopic (exact) mass is 317 g/mol. The normalized spacial score (nSPS) is 11.6. The number of carbonyl (C=O) groups excluding carboxylic acids is 1. The van der Waals surface area contributed by atoms with Crippen LogP contribution in [0.15, 0.2) is 9.85 Å².